The number of allylic oxidation sites excluding steroid dienone is 18. The predicted octanol–water partition coefficient (Wildman–Crippen LogP) is 23.2. The van der Waals surface area contributed by atoms with Crippen molar-refractivity contribution in [3.8, 4) is 0 Å². The van der Waals surface area contributed by atoms with Crippen LogP contribution in [0.1, 0.15) is 322 Å². The van der Waals surface area contributed by atoms with Crippen LogP contribution in [0, 0.1) is 0 Å². The number of carbonyl (C=O) groups excluding carboxylic acids is 2. The van der Waals surface area contributed by atoms with Crippen LogP contribution in [0.2, 0.25) is 0 Å². The van der Waals surface area contributed by atoms with E-state index in [1.54, 1.807) is 0 Å². The zero-order valence-corrected chi connectivity index (χ0v) is 51.4. The molecule has 0 aliphatic heterocycles. The molecule has 0 aromatic heterocycles. The number of aliphatic hydroxyl groups is 1. The van der Waals surface area contributed by atoms with Crippen molar-refractivity contribution in [2.24, 2.45) is 0 Å². The molecule has 448 valence electrons. The van der Waals surface area contributed by atoms with Gasteiger partial charge in [-0.15, -0.1) is 0 Å². The van der Waals surface area contributed by atoms with Crippen molar-refractivity contribution in [1.29, 1.82) is 0 Å². The van der Waals surface area contributed by atoms with Crippen LogP contribution in [0.15, 0.2) is 109 Å². The first-order valence-electron chi connectivity index (χ1n) is 33.4. The second-order valence-corrected chi connectivity index (χ2v) is 22.1. The highest BCUT2D eigenvalue weighted by Crippen LogP contribution is 2.18. The summed E-state index contributed by atoms with van der Waals surface area (Å²) in [6.07, 6.45) is 98.3. The number of carbonyl (C=O) groups is 2. The fraction of sp³-hybridized carbons (Fsp3) is 0.726. The van der Waals surface area contributed by atoms with Crippen molar-refractivity contribution >= 4 is 11.9 Å². The van der Waals surface area contributed by atoms with Crippen LogP contribution in [0.4, 0.5) is 0 Å². The van der Waals surface area contributed by atoms with Crippen LogP contribution >= 0.6 is 0 Å². The predicted molar refractivity (Wildman–Crippen MR) is 343 cm³/mol. The molecule has 0 saturated heterocycles. The van der Waals surface area contributed by atoms with Gasteiger partial charge in [-0.05, 0) is 96.3 Å². The SMILES string of the molecule is CC/C=C\C/C=C\C/C=C\C/C=C\C/C=C\CCCCCCCCCCCC(=O)OC(CO)COC(=O)CCCCCCCCCCCCCCCCCCCCCCCCCCCC/C=C\C/C=C\C/C=C\C/C=C\CC. The highest BCUT2D eigenvalue weighted by atomic mass is 16.6. The van der Waals surface area contributed by atoms with Gasteiger partial charge in [0, 0.05) is 12.8 Å². The number of ether oxygens (including phenoxy) is 2. The van der Waals surface area contributed by atoms with Gasteiger partial charge in [0.15, 0.2) is 6.10 Å². The molecule has 0 aliphatic rings. The molecule has 0 amide bonds. The fourth-order valence-electron chi connectivity index (χ4n) is 9.64. The Labute approximate surface area is 484 Å². The topological polar surface area (TPSA) is 72.8 Å². The van der Waals surface area contributed by atoms with E-state index in [1.807, 2.05) is 0 Å². The van der Waals surface area contributed by atoms with Crippen LogP contribution in [0.3, 0.4) is 0 Å². The molecule has 78 heavy (non-hydrogen) atoms. The maximum atomic E-state index is 12.3. The molecule has 5 nitrogen and oxygen atoms in total. The first-order chi connectivity index (χ1) is 38.6. The first-order valence-corrected chi connectivity index (χ1v) is 33.4. The van der Waals surface area contributed by atoms with E-state index < -0.39 is 6.10 Å². The molecule has 1 unspecified atom stereocenters. The smallest absolute Gasteiger partial charge is 0.306 e. The largest absolute Gasteiger partial charge is 0.462 e. The average molecular weight is 1080 g/mol. The zero-order valence-electron chi connectivity index (χ0n) is 51.4. The Morgan fingerprint density at radius 1 is 0.295 bits per heavy atom. The Morgan fingerprint density at radius 2 is 0.513 bits per heavy atom. The third-order valence-electron chi connectivity index (χ3n) is 14.6. The van der Waals surface area contributed by atoms with Gasteiger partial charge in [0.2, 0.25) is 0 Å². The van der Waals surface area contributed by atoms with E-state index in [0.717, 1.165) is 96.3 Å². The summed E-state index contributed by atoms with van der Waals surface area (Å²) in [5.74, 6) is -0.588. The Hall–Kier alpha value is -3.44. The van der Waals surface area contributed by atoms with E-state index in [-0.39, 0.29) is 25.2 Å². The Balaban J connectivity index is 3.43. The highest BCUT2D eigenvalue weighted by molar-refractivity contribution is 5.70. The van der Waals surface area contributed by atoms with Crippen molar-refractivity contribution in [2.75, 3.05) is 13.2 Å². The number of rotatable bonds is 61. The van der Waals surface area contributed by atoms with Crippen molar-refractivity contribution in [3.63, 3.8) is 0 Å². The number of hydrogen-bond acceptors (Lipinski definition) is 5. The molecule has 0 radical (unpaired) electrons. The summed E-state index contributed by atoms with van der Waals surface area (Å²) in [5.41, 5.74) is 0. The molecule has 0 aromatic rings. The highest BCUT2D eigenvalue weighted by Gasteiger charge is 2.16. The van der Waals surface area contributed by atoms with Crippen LogP contribution in [0.25, 0.3) is 0 Å². The lowest BCUT2D eigenvalue weighted by Crippen LogP contribution is -2.28. The third-order valence-corrected chi connectivity index (χ3v) is 14.6. The summed E-state index contributed by atoms with van der Waals surface area (Å²) in [5, 5.41) is 9.69. The summed E-state index contributed by atoms with van der Waals surface area (Å²) in [6.45, 7) is 3.94. The van der Waals surface area contributed by atoms with Gasteiger partial charge in [-0.25, -0.2) is 0 Å². The van der Waals surface area contributed by atoms with Crippen molar-refractivity contribution in [2.45, 2.75) is 328 Å². The second-order valence-electron chi connectivity index (χ2n) is 22.1. The number of unbranched alkanes of at least 4 members (excludes halogenated alkanes) is 35. The molecular formula is C73H126O5. The minimum atomic E-state index is -0.781. The molecular weight excluding hydrogens is 957 g/mol. The minimum Gasteiger partial charge on any atom is -0.462 e. The molecule has 5 heteroatoms. The van der Waals surface area contributed by atoms with Gasteiger partial charge in [-0.3, -0.25) is 9.59 Å². The fourth-order valence-corrected chi connectivity index (χ4v) is 9.64. The van der Waals surface area contributed by atoms with Gasteiger partial charge in [-0.1, -0.05) is 322 Å². The molecule has 0 aliphatic carbocycles. The molecule has 0 aromatic carbocycles. The first kappa shape index (κ1) is 74.6. The van der Waals surface area contributed by atoms with Crippen molar-refractivity contribution < 1.29 is 24.2 Å². The molecule has 0 saturated carbocycles. The van der Waals surface area contributed by atoms with Crippen LogP contribution in [0.5, 0.6) is 0 Å². The molecule has 0 spiro atoms. The third kappa shape index (κ3) is 65.1. The lowest BCUT2D eigenvalue weighted by molar-refractivity contribution is -0.161. The quantitative estimate of drug-likeness (QED) is 0.0373. The maximum Gasteiger partial charge on any atom is 0.306 e. The van der Waals surface area contributed by atoms with E-state index in [2.05, 4.69) is 123 Å². The molecule has 0 rings (SSSR count). The Kier molecular flexibility index (Phi) is 64.8. The number of esters is 2. The molecule has 0 fully saturated rings. The second kappa shape index (κ2) is 67.8. The van der Waals surface area contributed by atoms with Gasteiger partial charge >= 0.3 is 11.9 Å². The lowest BCUT2D eigenvalue weighted by Gasteiger charge is -2.15. The van der Waals surface area contributed by atoms with E-state index in [1.165, 1.54) is 199 Å². The van der Waals surface area contributed by atoms with E-state index >= 15 is 0 Å². The average Bonchev–Trinajstić information content (AvgIpc) is 3.44. The van der Waals surface area contributed by atoms with Gasteiger partial charge in [-0.2, -0.15) is 0 Å². The molecule has 0 heterocycles. The molecule has 1 atom stereocenters. The van der Waals surface area contributed by atoms with E-state index in [9.17, 15) is 14.7 Å². The Morgan fingerprint density at radius 3 is 0.769 bits per heavy atom. The van der Waals surface area contributed by atoms with Crippen LogP contribution in [-0.4, -0.2) is 36.4 Å². The zero-order chi connectivity index (χ0) is 56.2. The summed E-state index contributed by atoms with van der Waals surface area (Å²) >= 11 is 0. The summed E-state index contributed by atoms with van der Waals surface area (Å²) in [6, 6.07) is 0. The number of hydrogen-bond donors (Lipinski definition) is 1. The monoisotopic (exact) mass is 1080 g/mol. The van der Waals surface area contributed by atoms with Gasteiger partial charge in [0.1, 0.15) is 6.61 Å². The van der Waals surface area contributed by atoms with Crippen LogP contribution in [-0.2, 0) is 19.1 Å². The van der Waals surface area contributed by atoms with E-state index in [4.69, 9.17) is 9.47 Å². The Bertz CT molecular complexity index is 1510. The maximum absolute atomic E-state index is 12.3. The van der Waals surface area contributed by atoms with Gasteiger partial charge in [0.25, 0.3) is 0 Å². The molecule has 1 N–H and O–H groups in total. The van der Waals surface area contributed by atoms with Gasteiger partial charge in [0.05, 0.1) is 6.61 Å². The summed E-state index contributed by atoms with van der Waals surface area (Å²) in [4.78, 5) is 24.6. The number of aliphatic hydroxyl groups excluding tert-OH is 1. The molecule has 0 bridgehead atoms. The van der Waals surface area contributed by atoms with Crippen molar-refractivity contribution in [1.82, 2.24) is 0 Å². The summed E-state index contributed by atoms with van der Waals surface area (Å²) in [7, 11) is 0. The minimum absolute atomic E-state index is 0.0693. The van der Waals surface area contributed by atoms with Gasteiger partial charge < -0.3 is 14.6 Å². The normalized spacial score (nSPS) is 12.9. The van der Waals surface area contributed by atoms with E-state index in [0.29, 0.717) is 12.8 Å². The van der Waals surface area contributed by atoms with Crippen molar-refractivity contribution in [3.05, 3.63) is 109 Å². The summed E-state index contributed by atoms with van der Waals surface area (Å²) < 4.78 is 10.7. The van der Waals surface area contributed by atoms with Crippen LogP contribution < -0.4 is 0 Å². The standard InChI is InChI=1S/C73H126O5/c1-3-5-7-9-11-13-15-17-19-21-23-25-27-29-30-31-32-33-34-35-36-37-38-39-40-41-42-44-45-47-49-51-53-55-57-59-61-63-65-67-72(75)77-70-71(69-74)78-73(76)68-66-64-62-60-58-56-54-52-50-48-46-43-28-26-24-22-20-18-16-14-12-10-8-6-4-2/h5-8,11-14,17-20,23-26,43,46,71,74H,3-4,9-10,15-16,21-22,27-42,44-45,47-70H2,1-2H3/b7-5-,8-6-,13-11-,14-12-,19-17-,20-18-,25-23-,26-24-,46-43-. The lowest BCUT2D eigenvalue weighted by atomic mass is 10.0.